The van der Waals surface area contributed by atoms with Gasteiger partial charge in [-0.2, -0.15) is 0 Å². The SMILES string of the molecule is C[C@@H]1CCN2C[C@@]34C[C@]5(C(=O)Nc6c5ccc5c6C(=O)CC(C)(C)O5)C(C)(C)[C@H]3C[C@@]12C(=O)N4C. The third kappa shape index (κ3) is 2.11. The van der Waals surface area contributed by atoms with Gasteiger partial charge in [0, 0.05) is 13.6 Å². The molecule has 6 aliphatic heterocycles. The number of likely N-dealkylation sites (N-methyl/N-ethyl adjacent to an activating group) is 1. The van der Waals surface area contributed by atoms with Gasteiger partial charge in [-0.1, -0.05) is 26.8 Å². The Morgan fingerprint density at radius 1 is 1.11 bits per heavy atom. The minimum absolute atomic E-state index is 0.0124. The van der Waals surface area contributed by atoms with E-state index < -0.39 is 27.5 Å². The summed E-state index contributed by atoms with van der Waals surface area (Å²) in [6.45, 7) is 12.3. The lowest BCUT2D eigenvalue weighted by molar-refractivity contribution is -0.189. The van der Waals surface area contributed by atoms with Crippen LogP contribution in [0.4, 0.5) is 5.69 Å². The standard InChI is InChI=1S/C28H35N3O4/c1-15-9-10-31-14-26-13-27(25(4,5)19(26)12-28(15,31)23(34)30(26)6)16-7-8-18-20(21(16)29-22(27)33)17(32)11-24(2,3)35-18/h7-8,15,19H,9-14H2,1-6H3,(H,29,33)/t15-,19-,26+,27+,28+/m1/s1. The molecule has 1 N–H and O–H groups in total. The van der Waals surface area contributed by atoms with Crippen LogP contribution >= 0.6 is 0 Å². The molecule has 5 fully saturated rings. The molecule has 3 spiro atoms. The van der Waals surface area contributed by atoms with Crippen LogP contribution in [-0.2, 0) is 15.0 Å². The Morgan fingerprint density at radius 3 is 2.60 bits per heavy atom. The zero-order valence-corrected chi connectivity index (χ0v) is 21.6. The molecule has 186 valence electrons. The van der Waals surface area contributed by atoms with Crippen molar-refractivity contribution < 1.29 is 19.1 Å². The molecule has 1 saturated carbocycles. The van der Waals surface area contributed by atoms with E-state index in [1.54, 1.807) is 0 Å². The minimum atomic E-state index is -0.807. The number of ketones is 1. The lowest BCUT2D eigenvalue weighted by Gasteiger charge is -2.65. The largest absolute Gasteiger partial charge is 0.487 e. The van der Waals surface area contributed by atoms with Gasteiger partial charge in [0.15, 0.2) is 5.78 Å². The molecule has 35 heavy (non-hydrogen) atoms. The molecule has 1 aromatic rings. The van der Waals surface area contributed by atoms with Crippen LogP contribution in [0.2, 0.25) is 0 Å². The van der Waals surface area contributed by atoms with E-state index >= 15 is 0 Å². The molecule has 7 nitrogen and oxygen atoms in total. The summed E-state index contributed by atoms with van der Waals surface area (Å²) in [6, 6.07) is 3.89. The van der Waals surface area contributed by atoms with Crippen LogP contribution in [0, 0.1) is 17.3 Å². The predicted molar refractivity (Wildman–Crippen MR) is 130 cm³/mol. The summed E-state index contributed by atoms with van der Waals surface area (Å²) < 4.78 is 6.16. The van der Waals surface area contributed by atoms with E-state index in [0.717, 1.165) is 31.5 Å². The molecule has 4 saturated heterocycles. The number of benzene rings is 1. The molecule has 0 unspecified atom stereocenters. The van der Waals surface area contributed by atoms with Crippen molar-refractivity contribution in [2.24, 2.45) is 17.3 Å². The minimum Gasteiger partial charge on any atom is -0.487 e. The van der Waals surface area contributed by atoms with Gasteiger partial charge in [0.2, 0.25) is 11.8 Å². The maximum atomic E-state index is 14.1. The lowest BCUT2D eigenvalue weighted by atomic mass is 9.56. The van der Waals surface area contributed by atoms with E-state index in [-0.39, 0.29) is 29.9 Å². The molecule has 2 amide bonds. The zero-order valence-electron chi connectivity index (χ0n) is 21.6. The zero-order chi connectivity index (χ0) is 24.9. The second-order valence-electron chi connectivity index (χ2n) is 13.3. The number of Topliss-reactive ketones (excluding diaryl/α,β-unsaturated/α-hetero) is 1. The topological polar surface area (TPSA) is 79.0 Å². The molecule has 8 rings (SSSR count). The van der Waals surface area contributed by atoms with Crippen molar-refractivity contribution >= 4 is 23.3 Å². The van der Waals surface area contributed by atoms with Crippen LogP contribution in [0.15, 0.2) is 12.1 Å². The normalized spacial score (nSPS) is 42.0. The van der Waals surface area contributed by atoms with Crippen LogP contribution in [0.1, 0.15) is 76.2 Å². The van der Waals surface area contributed by atoms with Crippen molar-refractivity contribution in [3.8, 4) is 5.75 Å². The van der Waals surface area contributed by atoms with Gasteiger partial charge in [-0.15, -0.1) is 0 Å². The Bertz CT molecular complexity index is 1250. The third-order valence-electron chi connectivity index (χ3n) is 11.2. The molecular weight excluding hydrogens is 442 g/mol. The van der Waals surface area contributed by atoms with E-state index in [9.17, 15) is 14.4 Å². The number of hydrogen-bond acceptors (Lipinski definition) is 5. The van der Waals surface area contributed by atoms with Crippen LogP contribution in [-0.4, -0.2) is 64.2 Å². The second-order valence-corrected chi connectivity index (χ2v) is 13.3. The van der Waals surface area contributed by atoms with Crippen molar-refractivity contribution in [3.05, 3.63) is 23.3 Å². The number of nitrogens with one attached hydrogen (secondary N) is 1. The summed E-state index contributed by atoms with van der Waals surface area (Å²) >= 11 is 0. The average molecular weight is 478 g/mol. The van der Waals surface area contributed by atoms with Gasteiger partial charge in [-0.25, -0.2) is 0 Å². The quantitative estimate of drug-likeness (QED) is 0.620. The van der Waals surface area contributed by atoms with Gasteiger partial charge in [-0.3, -0.25) is 19.3 Å². The van der Waals surface area contributed by atoms with Crippen molar-refractivity contribution in [2.75, 3.05) is 25.5 Å². The number of carbonyl (C=O) groups excluding carboxylic acids is 3. The molecule has 7 aliphatic rings. The summed E-state index contributed by atoms with van der Waals surface area (Å²) in [7, 11) is 1.97. The van der Waals surface area contributed by atoms with Crippen LogP contribution in [0.5, 0.6) is 5.75 Å². The van der Waals surface area contributed by atoms with Gasteiger partial charge in [-0.05, 0) is 68.5 Å². The number of nitrogens with zero attached hydrogens (tertiary/aromatic N) is 2. The van der Waals surface area contributed by atoms with Crippen LogP contribution in [0.25, 0.3) is 0 Å². The maximum Gasteiger partial charge on any atom is 0.243 e. The second kappa shape index (κ2) is 5.93. The Labute approximate surface area is 206 Å². The van der Waals surface area contributed by atoms with Crippen LogP contribution < -0.4 is 10.1 Å². The van der Waals surface area contributed by atoms with E-state index in [2.05, 4.69) is 31.0 Å². The van der Waals surface area contributed by atoms with Gasteiger partial charge in [0.1, 0.15) is 16.9 Å². The summed E-state index contributed by atoms with van der Waals surface area (Å²) in [5.74, 6) is 1.25. The summed E-state index contributed by atoms with van der Waals surface area (Å²) in [4.78, 5) is 45.8. The molecule has 1 aliphatic carbocycles. The highest BCUT2D eigenvalue weighted by Gasteiger charge is 2.80. The highest BCUT2D eigenvalue weighted by molar-refractivity contribution is 6.15. The molecule has 7 heteroatoms. The number of rotatable bonds is 0. The molecule has 5 atom stereocenters. The number of ether oxygens (including phenoxy) is 1. The molecule has 0 radical (unpaired) electrons. The fourth-order valence-electron chi connectivity index (χ4n) is 9.46. The Kier molecular flexibility index (Phi) is 3.70. The predicted octanol–water partition coefficient (Wildman–Crippen LogP) is 3.36. The molecule has 2 bridgehead atoms. The summed E-state index contributed by atoms with van der Waals surface area (Å²) in [6.07, 6.45) is 2.71. The highest BCUT2D eigenvalue weighted by Crippen LogP contribution is 2.72. The summed E-state index contributed by atoms with van der Waals surface area (Å²) in [5.41, 5.74) is -0.575. The Morgan fingerprint density at radius 2 is 1.86 bits per heavy atom. The molecule has 6 heterocycles. The van der Waals surface area contributed by atoms with E-state index in [1.165, 1.54) is 0 Å². The fourth-order valence-corrected chi connectivity index (χ4v) is 9.46. The summed E-state index contributed by atoms with van der Waals surface area (Å²) in [5, 5.41) is 3.16. The van der Waals surface area contributed by atoms with Crippen LogP contribution in [0.3, 0.4) is 0 Å². The smallest absolute Gasteiger partial charge is 0.243 e. The van der Waals surface area contributed by atoms with Crippen molar-refractivity contribution in [1.29, 1.82) is 0 Å². The maximum absolute atomic E-state index is 14.1. The first-order valence-electron chi connectivity index (χ1n) is 13.1. The van der Waals surface area contributed by atoms with Crippen molar-refractivity contribution in [3.63, 3.8) is 0 Å². The first kappa shape index (κ1) is 21.8. The van der Waals surface area contributed by atoms with E-state index in [1.807, 2.05) is 37.9 Å². The molecule has 0 aromatic heterocycles. The number of carbonyl (C=O) groups is 3. The monoisotopic (exact) mass is 477 g/mol. The first-order valence-corrected chi connectivity index (χ1v) is 13.1. The number of amides is 2. The van der Waals surface area contributed by atoms with Gasteiger partial charge >= 0.3 is 0 Å². The average Bonchev–Trinajstić information content (AvgIpc) is 3.32. The molecule has 1 aromatic carbocycles. The van der Waals surface area contributed by atoms with Gasteiger partial charge < -0.3 is 15.0 Å². The van der Waals surface area contributed by atoms with Gasteiger partial charge in [0.05, 0.1) is 28.6 Å². The Hall–Kier alpha value is -2.41. The third-order valence-corrected chi connectivity index (χ3v) is 11.2. The highest BCUT2D eigenvalue weighted by atomic mass is 16.5. The van der Waals surface area contributed by atoms with E-state index in [4.69, 9.17) is 4.74 Å². The molecular formula is C28H35N3O4. The van der Waals surface area contributed by atoms with Gasteiger partial charge in [0.25, 0.3) is 0 Å². The fraction of sp³-hybridized carbons (Fsp3) is 0.679. The number of fused-ring (bicyclic) bond motifs is 5. The first-order chi connectivity index (χ1) is 16.3. The Balaban J connectivity index is 1.43. The lowest BCUT2D eigenvalue weighted by Crippen LogP contribution is -2.79. The van der Waals surface area contributed by atoms with E-state index in [0.29, 0.717) is 29.3 Å². The number of anilines is 1. The number of piperazine rings is 1. The van der Waals surface area contributed by atoms with Crippen molar-refractivity contribution in [2.45, 2.75) is 82.4 Å². The van der Waals surface area contributed by atoms with Crippen molar-refractivity contribution in [1.82, 2.24) is 9.80 Å². The number of piperidine rings is 2. The number of hydrogen-bond donors (Lipinski definition) is 1.